The summed E-state index contributed by atoms with van der Waals surface area (Å²) in [4.78, 5) is 0. The first kappa shape index (κ1) is 36.1. The third-order valence-electron chi connectivity index (χ3n) is 13.3. The maximum Gasteiger partial charge on any atom is 0.846 e. The van der Waals surface area contributed by atoms with Crippen molar-refractivity contribution in [2.45, 2.75) is 141 Å². The molecule has 4 aliphatic rings. The number of halogens is 1. The van der Waals surface area contributed by atoms with Crippen molar-refractivity contribution in [3.05, 3.63) is 130 Å². The molecular formula is C49H59BFN2+. The molecule has 0 bridgehead atoms. The summed E-state index contributed by atoms with van der Waals surface area (Å²) >= 11 is 0. The van der Waals surface area contributed by atoms with Crippen LogP contribution in [0.25, 0.3) is 22.3 Å². The molecule has 2 aliphatic heterocycles. The van der Waals surface area contributed by atoms with E-state index in [0.717, 1.165) is 62.8 Å². The first-order valence-electron chi connectivity index (χ1n) is 21.3. The van der Waals surface area contributed by atoms with E-state index in [4.69, 9.17) is 0 Å². The molecule has 0 amide bonds. The van der Waals surface area contributed by atoms with Gasteiger partial charge in [0.15, 0.2) is 11.4 Å². The highest BCUT2D eigenvalue weighted by Crippen LogP contribution is 2.59. The average molecular weight is 706 g/mol. The molecule has 0 saturated carbocycles. The number of hydrogen-bond donors (Lipinski definition) is 0. The summed E-state index contributed by atoms with van der Waals surface area (Å²) in [6.45, 7) is 9.20. The summed E-state index contributed by atoms with van der Waals surface area (Å²) in [6, 6.07) is 31.5. The Balaban J connectivity index is 1.43. The molecule has 0 saturated heterocycles. The second kappa shape index (κ2) is 15.1. The van der Waals surface area contributed by atoms with Crippen molar-refractivity contribution >= 4 is 24.1 Å². The van der Waals surface area contributed by atoms with Crippen molar-refractivity contribution in [3.63, 3.8) is 0 Å². The number of rotatable bonds is 17. The van der Waals surface area contributed by atoms with Gasteiger partial charge in [-0.3, -0.25) is 4.48 Å². The van der Waals surface area contributed by atoms with Gasteiger partial charge in [0.2, 0.25) is 0 Å². The third kappa shape index (κ3) is 5.68. The van der Waals surface area contributed by atoms with Gasteiger partial charge >= 0.3 is 7.26 Å². The van der Waals surface area contributed by atoms with E-state index >= 15 is 4.32 Å². The number of benzene rings is 3. The van der Waals surface area contributed by atoms with Crippen LogP contribution in [-0.4, -0.2) is 21.9 Å². The van der Waals surface area contributed by atoms with Crippen LogP contribution in [0.2, 0.25) is 0 Å². The number of allylic oxidation sites excluding steroid dienone is 2. The monoisotopic (exact) mass is 705 g/mol. The van der Waals surface area contributed by atoms with Crippen LogP contribution < -0.4 is 0 Å². The lowest BCUT2D eigenvalue weighted by molar-refractivity contribution is -0.338. The number of fused-ring (bicyclic) bond motifs is 9. The Morgan fingerprint density at radius 2 is 1.09 bits per heavy atom. The molecule has 3 heterocycles. The van der Waals surface area contributed by atoms with Gasteiger partial charge in [0, 0.05) is 22.7 Å². The minimum Gasteiger partial charge on any atom is -0.288 e. The van der Waals surface area contributed by atoms with Crippen molar-refractivity contribution in [2.24, 2.45) is 0 Å². The van der Waals surface area contributed by atoms with Crippen LogP contribution in [0.15, 0.2) is 96.7 Å². The molecule has 2 aliphatic carbocycles. The van der Waals surface area contributed by atoms with Crippen molar-refractivity contribution in [1.29, 1.82) is 0 Å². The fourth-order valence-corrected chi connectivity index (χ4v) is 10.9. The van der Waals surface area contributed by atoms with E-state index in [1.807, 2.05) is 0 Å². The lowest BCUT2D eigenvalue weighted by Gasteiger charge is -2.35. The number of hydrogen-bond acceptors (Lipinski definition) is 0. The minimum atomic E-state index is -1.32. The molecule has 4 aromatic rings. The van der Waals surface area contributed by atoms with Crippen LogP contribution in [-0.2, 0) is 10.8 Å². The molecule has 2 nitrogen and oxygen atoms in total. The largest absolute Gasteiger partial charge is 0.846 e. The Morgan fingerprint density at radius 1 is 0.585 bits per heavy atom. The van der Waals surface area contributed by atoms with Crippen LogP contribution in [0.4, 0.5) is 4.32 Å². The second-order valence-electron chi connectivity index (χ2n) is 16.5. The van der Waals surface area contributed by atoms with Gasteiger partial charge in [-0.15, -0.1) is 0 Å². The molecule has 0 fully saturated rings. The summed E-state index contributed by atoms with van der Waals surface area (Å²) in [5.41, 5.74) is 14.4. The van der Waals surface area contributed by atoms with E-state index in [9.17, 15) is 0 Å². The average Bonchev–Trinajstić information content (AvgIpc) is 3.91. The van der Waals surface area contributed by atoms with Crippen LogP contribution >= 0.6 is 0 Å². The van der Waals surface area contributed by atoms with Gasteiger partial charge in [-0.2, -0.15) is 0 Å². The Kier molecular flexibility index (Phi) is 10.3. The van der Waals surface area contributed by atoms with E-state index < -0.39 is 7.26 Å². The van der Waals surface area contributed by atoms with Gasteiger partial charge in [0.05, 0.1) is 22.3 Å². The normalized spacial score (nSPS) is 17.1. The molecule has 0 atom stereocenters. The SMILES string of the molecule is CCCCCC1(CCCCC)C2=[N+]3B(F)n4c(cc5c4C(CCCCC)(CCCCC)c4ccccc4-5)C(c4ccccc4)=C3C=C2c2ccccc21. The second-order valence-corrected chi connectivity index (χ2v) is 16.5. The molecule has 4 heteroatoms. The van der Waals surface area contributed by atoms with Crippen molar-refractivity contribution in [2.75, 3.05) is 0 Å². The van der Waals surface area contributed by atoms with Crippen LogP contribution in [0.3, 0.4) is 0 Å². The van der Waals surface area contributed by atoms with Crippen LogP contribution in [0, 0.1) is 0 Å². The molecule has 0 N–H and O–H groups in total. The predicted octanol–water partition coefficient (Wildman–Crippen LogP) is 13.5. The highest BCUT2D eigenvalue weighted by atomic mass is 19.1. The van der Waals surface area contributed by atoms with Crippen LogP contribution in [0.5, 0.6) is 0 Å². The van der Waals surface area contributed by atoms with Crippen molar-refractivity contribution in [1.82, 2.24) is 4.48 Å². The molecule has 53 heavy (non-hydrogen) atoms. The molecule has 1 aromatic heterocycles. The first-order chi connectivity index (χ1) is 26.1. The Labute approximate surface area is 319 Å². The maximum absolute atomic E-state index is 18.8. The first-order valence-corrected chi connectivity index (χ1v) is 21.3. The maximum atomic E-state index is 18.8. The zero-order valence-electron chi connectivity index (χ0n) is 32.8. The number of nitrogens with zero attached hydrogens (tertiary/aromatic N) is 2. The number of unbranched alkanes of at least 4 members (excludes halogenated alkanes) is 8. The summed E-state index contributed by atoms with van der Waals surface area (Å²) in [5, 5.41) is 0. The molecule has 3 aromatic carbocycles. The summed E-state index contributed by atoms with van der Waals surface area (Å²) in [6.07, 6.45) is 20.8. The Bertz CT molecular complexity index is 2040. The summed E-state index contributed by atoms with van der Waals surface area (Å²) < 4.78 is 23.3. The Hall–Kier alpha value is -3.92. The van der Waals surface area contributed by atoms with Gasteiger partial charge in [0.25, 0.3) is 0 Å². The third-order valence-corrected chi connectivity index (χ3v) is 13.3. The van der Waals surface area contributed by atoms with Gasteiger partial charge in [-0.05, 0) is 59.6 Å². The zero-order chi connectivity index (χ0) is 36.6. The van der Waals surface area contributed by atoms with Gasteiger partial charge in [-0.25, -0.2) is 8.80 Å². The Morgan fingerprint density at radius 3 is 1.68 bits per heavy atom. The highest BCUT2D eigenvalue weighted by Gasteiger charge is 2.62. The fourth-order valence-electron chi connectivity index (χ4n) is 10.9. The van der Waals surface area contributed by atoms with Gasteiger partial charge in [0.1, 0.15) is 0 Å². The smallest absolute Gasteiger partial charge is 0.288 e. The van der Waals surface area contributed by atoms with E-state index in [2.05, 4.69) is 128 Å². The van der Waals surface area contributed by atoms with E-state index in [1.165, 1.54) is 107 Å². The predicted molar refractivity (Wildman–Crippen MR) is 223 cm³/mol. The standard InChI is InChI=1S/C49H59BFN2/c1-5-9-20-30-48(31-21-10-6-2)41-28-18-16-26-37(41)39-34-43-45(36-24-14-13-15-25-36)44-35-40-38-27-17-19-29-42(38)49(32-22-11-7-3,33-23-12-8-4)47(40)53(44)50(51)52(43)46(39)48/h13-19,24-29,34-35H,5-12,20-23,30-33H2,1-4H3/q+1. The topological polar surface area (TPSA) is 7.94 Å². The lowest BCUT2D eigenvalue weighted by atomic mass is 9.70. The quantitative estimate of drug-likeness (QED) is 0.0763. The van der Waals surface area contributed by atoms with Crippen molar-refractivity contribution in [3.8, 4) is 11.1 Å². The zero-order valence-corrected chi connectivity index (χ0v) is 32.8. The molecule has 0 unspecified atom stereocenters. The molecule has 274 valence electrons. The fraction of sp³-hybridized carbons (Fsp3) is 0.449. The van der Waals surface area contributed by atoms with E-state index in [-0.39, 0.29) is 10.8 Å². The van der Waals surface area contributed by atoms with E-state index in [1.54, 1.807) is 0 Å². The van der Waals surface area contributed by atoms with E-state index in [0.29, 0.717) is 0 Å². The summed E-state index contributed by atoms with van der Waals surface area (Å²) in [5.74, 6) is 0. The molecule has 0 radical (unpaired) electrons. The van der Waals surface area contributed by atoms with Gasteiger partial charge < -0.3 is 0 Å². The minimum absolute atomic E-state index is 0.212. The highest BCUT2D eigenvalue weighted by molar-refractivity contribution is 6.47. The molecule has 0 spiro atoms. The molecular weight excluding hydrogens is 646 g/mol. The number of aromatic nitrogens is 1. The summed E-state index contributed by atoms with van der Waals surface area (Å²) in [7, 11) is -1.32. The van der Waals surface area contributed by atoms with Crippen LogP contribution in [0.1, 0.15) is 164 Å². The molecule has 8 rings (SSSR count). The lowest BCUT2D eigenvalue weighted by Crippen LogP contribution is -2.47. The van der Waals surface area contributed by atoms with Gasteiger partial charge in [-0.1, -0.05) is 184 Å². The van der Waals surface area contributed by atoms with Crippen molar-refractivity contribution < 1.29 is 8.80 Å².